The van der Waals surface area contributed by atoms with Crippen LogP contribution in [0.1, 0.15) is 19.3 Å². The van der Waals surface area contributed by atoms with Crippen LogP contribution < -0.4 is 5.48 Å². The quantitative estimate of drug-likeness (QED) is 0.551. The highest BCUT2D eigenvalue weighted by Gasteiger charge is 2.15. The number of nitrogens with one attached hydrogen (secondary N) is 1. The molecule has 5 heteroatoms. The summed E-state index contributed by atoms with van der Waals surface area (Å²) in [5, 5.41) is 0. The van der Waals surface area contributed by atoms with Crippen molar-refractivity contribution in [1.82, 2.24) is 5.48 Å². The molecule has 0 saturated carbocycles. The predicted octanol–water partition coefficient (Wildman–Crippen LogP) is 1.36. The molecule has 5 nitrogen and oxygen atoms in total. The Bertz CT molecular complexity index is 189. The van der Waals surface area contributed by atoms with E-state index in [0.29, 0.717) is 6.61 Å². The van der Waals surface area contributed by atoms with Crippen LogP contribution in [0.5, 0.6) is 0 Å². The average molecular weight is 201 g/mol. The second-order valence-electron chi connectivity index (χ2n) is 2.90. The summed E-state index contributed by atoms with van der Waals surface area (Å²) in [6, 6.07) is 0. The summed E-state index contributed by atoms with van der Waals surface area (Å²) in [5.41, 5.74) is 2.15. The minimum atomic E-state index is -0.626. The average Bonchev–Trinajstić information content (AvgIpc) is 2.25. The molecular weight excluding hydrogens is 186 g/mol. The van der Waals surface area contributed by atoms with Gasteiger partial charge in [0.25, 0.3) is 0 Å². The molecule has 0 aromatic rings. The molecule has 1 amide bonds. The van der Waals surface area contributed by atoms with E-state index >= 15 is 0 Å². The van der Waals surface area contributed by atoms with Crippen LogP contribution in [0.25, 0.3) is 0 Å². The molecule has 1 heterocycles. The Kier molecular flexibility index (Phi) is 5.03. The van der Waals surface area contributed by atoms with Gasteiger partial charge >= 0.3 is 6.09 Å². The third kappa shape index (κ3) is 4.25. The van der Waals surface area contributed by atoms with Crippen molar-refractivity contribution in [2.75, 3.05) is 13.2 Å². The van der Waals surface area contributed by atoms with Crippen LogP contribution in [0.2, 0.25) is 0 Å². The van der Waals surface area contributed by atoms with Crippen molar-refractivity contribution in [1.29, 1.82) is 0 Å². The molecule has 14 heavy (non-hydrogen) atoms. The van der Waals surface area contributed by atoms with Gasteiger partial charge in [0.2, 0.25) is 0 Å². The highest BCUT2D eigenvalue weighted by Crippen LogP contribution is 2.12. The van der Waals surface area contributed by atoms with Crippen molar-refractivity contribution in [3.8, 4) is 0 Å². The topological polar surface area (TPSA) is 56.8 Å². The number of ether oxygens (including phenoxy) is 2. The Morgan fingerprint density at radius 1 is 1.64 bits per heavy atom. The summed E-state index contributed by atoms with van der Waals surface area (Å²) in [7, 11) is 0. The van der Waals surface area contributed by atoms with Gasteiger partial charge in [-0.05, 0) is 12.8 Å². The first kappa shape index (κ1) is 11.0. The van der Waals surface area contributed by atoms with Gasteiger partial charge in [-0.25, -0.2) is 9.63 Å². The number of hydroxylamine groups is 1. The van der Waals surface area contributed by atoms with Gasteiger partial charge in [-0.2, -0.15) is 5.48 Å². The van der Waals surface area contributed by atoms with Crippen LogP contribution in [0.15, 0.2) is 12.7 Å². The first-order chi connectivity index (χ1) is 6.83. The molecule has 1 rings (SSSR count). The van der Waals surface area contributed by atoms with E-state index in [9.17, 15) is 4.79 Å². The van der Waals surface area contributed by atoms with Crippen molar-refractivity contribution >= 4 is 6.09 Å². The molecule has 0 aliphatic carbocycles. The number of amides is 1. The third-order valence-corrected chi connectivity index (χ3v) is 1.74. The maximum Gasteiger partial charge on any atom is 0.431 e. The molecule has 0 spiro atoms. The zero-order valence-corrected chi connectivity index (χ0v) is 8.03. The first-order valence-corrected chi connectivity index (χ1v) is 4.64. The summed E-state index contributed by atoms with van der Waals surface area (Å²) in [6.07, 6.45) is 3.40. The molecule has 80 valence electrons. The Balaban J connectivity index is 2.06. The van der Waals surface area contributed by atoms with Gasteiger partial charge in [-0.15, -0.1) is 0 Å². The van der Waals surface area contributed by atoms with Gasteiger partial charge in [0.15, 0.2) is 6.29 Å². The molecular formula is C9H15NO4. The molecule has 0 radical (unpaired) electrons. The monoisotopic (exact) mass is 201 g/mol. The minimum Gasteiger partial charge on any atom is -0.444 e. The highest BCUT2D eigenvalue weighted by atomic mass is 16.8. The van der Waals surface area contributed by atoms with Crippen molar-refractivity contribution < 1.29 is 19.1 Å². The zero-order valence-electron chi connectivity index (χ0n) is 8.03. The van der Waals surface area contributed by atoms with Crippen molar-refractivity contribution in [2.45, 2.75) is 25.6 Å². The summed E-state index contributed by atoms with van der Waals surface area (Å²) in [6.45, 7) is 4.25. The summed E-state index contributed by atoms with van der Waals surface area (Å²) < 4.78 is 9.85. The van der Waals surface area contributed by atoms with Gasteiger partial charge in [0.05, 0.1) is 0 Å². The molecule has 0 bridgehead atoms. The van der Waals surface area contributed by atoms with E-state index in [4.69, 9.17) is 9.57 Å². The van der Waals surface area contributed by atoms with Crippen LogP contribution in [0.3, 0.4) is 0 Å². The molecule has 1 atom stereocenters. The van der Waals surface area contributed by atoms with E-state index in [1.54, 1.807) is 0 Å². The molecule has 0 aromatic carbocycles. The zero-order chi connectivity index (χ0) is 10.2. The van der Waals surface area contributed by atoms with Gasteiger partial charge in [0.1, 0.15) is 6.61 Å². The normalized spacial score (nSPS) is 21.3. The van der Waals surface area contributed by atoms with Gasteiger partial charge < -0.3 is 9.47 Å². The number of carbonyl (C=O) groups excluding carboxylic acids is 1. The number of hydrogen-bond donors (Lipinski definition) is 1. The summed E-state index contributed by atoms with van der Waals surface area (Å²) in [5.74, 6) is 0. The fourth-order valence-electron chi connectivity index (χ4n) is 1.08. The Hall–Kier alpha value is -1.07. The Morgan fingerprint density at radius 3 is 3.14 bits per heavy atom. The molecule has 1 N–H and O–H groups in total. The summed E-state index contributed by atoms with van der Waals surface area (Å²) >= 11 is 0. The van der Waals surface area contributed by atoms with Crippen LogP contribution in [0.4, 0.5) is 4.79 Å². The van der Waals surface area contributed by atoms with Crippen LogP contribution in [0, 0.1) is 0 Å². The molecule has 1 unspecified atom stereocenters. The van der Waals surface area contributed by atoms with Crippen LogP contribution in [-0.2, 0) is 14.3 Å². The van der Waals surface area contributed by atoms with Gasteiger partial charge in [-0.3, -0.25) is 0 Å². The standard InChI is InChI=1S/C9H15NO4/c1-2-6-13-9(11)10-14-8-5-3-4-7-12-8/h2,8H,1,3-7H2,(H,10,11). The predicted molar refractivity (Wildman–Crippen MR) is 49.4 cm³/mol. The van der Waals surface area contributed by atoms with Crippen molar-refractivity contribution in [2.24, 2.45) is 0 Å². The van der Waals surface area contributed by atoms with Crippen molar-refractivity contribution in [3.63, 3.8) is 0 Å². The number of carbonyl (C=O) groups is 1. The van der Waals surface area contributed by atoms with Crippen molar-refractivity contribution in [3.05, 3.63) is 12.7 Å². The lowest BCUT2D eigenvalue weighted by Crippen LogP contribution is -2.33. The number of rotatable bonds is 4. The first-order valence-electron chi connectivity index (χ1n) is 4.64. The van der Waals surface area contributed by atoms with E-state index in [0.717, 1.165) is 19.3 Å². The lowest BCUT2D eigenvalue weighted by Gasteiger charge is -2.21. The van der Waals surface area contributed by atoms with E-state index in [1.807, 2.05) is 0 Å². The smallest absolute Gasteiger partial charge is 0.431 e. The second-order valence-corrected chi connectivity index (χ2v) is 2.90. The molecule has 0 aromatic heterocycles. The largest absolute Gasteiger partial charge is 0.444 e. The number of hydrogen-bond acceptors (Lipinski definition) is 4. The van der Waals surface area contributed by atoms with E-state index in [2.05, 4.69) is 16.8 Å². The molecule has 1 fully saturated rings. The summed E-state index contributed by atoms with van der Waals surface area (Å²) in [4.78, 5) is 15.8. The van der Waals surface area contributed by atoms with E-state index in [-0.39, 0.29) is 12.9 Å². The Morgan fingerprint density at radius 2 is 2.50 bits per heavy atom. The van der Waals surface area contributed by atoms with E-state index in [1.165, 1.54) is 6.08 Å². The highest BCUT2D eigenvalue weighted by molar-refractivity contribution is 5.65. The third-order valence-electron chi connectivity index (χ3n) is 1.74. The fourth-order valence-corrected chi connectivity index (χ4v) is 1.08. The fraction of sp³-hybridized carbons (Fsp3) is 0.667. The van der Waals surface area contributed by atoms with Gasteiger partial charge in [-0.1, -0.05) is 12.7 Å². The lowest BCUT2D eigenvalue weighted by molar-refractivity contribution is -0.189. The van der Waals surface area contributed by atoms with E-state index < -0.39 is 6.09 Å². The van der Waals surface area contributed by atoms with Crippen LogP contribution >= 0.6 is 0 Å². The van der Waals surface area contributed by atoms with Crippen LogP contribution in [-0.4, -0.2) is 25.6 Å². The SMILES string of the molecule is C=CCOC(=O)NOC1CCCCO1. The maximum atomic E-state index is 10.9. The molecule has 1 aliphatic heterocycles. The lowest BCUT2D eigenvalue weighted by atomic mass is 10.2. The molecule has 1 saturated heterocycles. The Labute approximate surface area is 83.0 Å². The maximum absolute atomic E-state index is 10.9. The second kappa shape index (κ2) is 6.39. The minimum absolute atomic E-state index is 0.167. The molecule has 1 aliphatic rings. The van der Waals surface area contributed by atoms with Gasteiger partial charge in [0, 0.05) is 13.0 Å².